The molecule has 0 fully saturated rings. The summed E-state index contributed by atoms with van der Waals surface area (Å²) >= 11 is 5.94. The van der Waals surface area contributed by atoms with Crippen LogP contribution in [0.1, 0.15) is 0 Å². The second-order valence-corrected chi connectivity index (χ2v) is 4.76. The van der Waals surface area contributed by atoms with E-state index in [-0.39, 0.29) is 19.1 Å². The molecule has 0 saturated heterocycles. The number of rotatable bonds is 7. The average molecular weight is 322 g/mol. The number of aliphatic hydroxyl groups is 1. The minimum atomic E-state index is -0.308. The van der Waals surface area contributed by atoms with E-state index >= 15 is 0 Å². The molecule has 0 aliphatic carbocycles. The number of nitrogens with one attached hydrogen (secondary N) is 2. The summed E-state index contributed by atoms with van der Waals surface area (Å²) in [6.45, 7) is 0.304. The van der Waals surface area contributed by atoms with Gasteiger partial charge < -0.3 is 20.5 Å². The number of hydrogen-bond donors (Lipinski definition) is 3. The summed E-state index contributed by atoms with van der Waals surface area (Å²) in [5.74, 6) is 0.776. The Kier molecular flexibility index (Phi) is 6.00. The number of anilines is 2. The predicted octanol–water partition coefficient (Wildman–Crippen LogP) is 2.16. The molecule has 7 heteroatoms. The number of amides is 1. The summed E-state index contributed by atoms with van der Waals surface area (Å²) in [5.41, 5.74) is 0.558. The first-order valence-electron chi connectivity index (χ1n) is 6.67. The van der Waals surface area contributed by atoms with Gasteiger partial charge in [-0.1, -0.05) is 23.7 Å². The van der Waals surface area contributed by atoms with Gasteiger partial charge in [-0.25, -0.2) is 4.98 Å². The highest BCUT2D eigenvalue weighted by Crippen LogP contribution is 2.22. The molecule has 0 aliphatic heterocycles. The number of nitrogens with zero attached hydrogens (tertiary/aromatic N) is 1. The highest BCUT2D eigenvalue weighted by Gasteiger charge is 2.06. The molecule has 1 aromatic heterocycles. The topological polar surface area (TPSA) is 83.5 Å². The molecule has 0 radical (unpaired) electrons. The third-order valence-corrected chi connectivity index (χ3v) is 2.97. The quantitative estimate of drug-likeness (QED) is 0.728. The van der Waals surface area contributed by atoms with Gasteiger partial charge in [-0.3, -0.25) is 4.79 Å². The monoisotopic (exact) mass is 321 g/mol. The lowest BCUT2D eigenvalue weighted by molar-refractivity contribution is -0.118. The summed E-state index contributed by atoms with van der Waals surface area (Å²) in [5, 5.41) is 14.7. The van der Waals surface area contributed by atoms with E-state index in [1.165, 1.54) is 6.20 Å². The Morgan fingerprint density at radius 1 is 1.27 bits per heavy atom. The van der Waals surface area contributed by atoms with Crippen molar-refractivity contribution < 1.29 is 14.6 Å². The Hall–Kier alpha value is -2.31. The maximum absolute atomic E-state index is 11.8. The standard InChI is InChI=1S/C15H16ClN3O3/c16-12-3-1-2-4-13(12)22-10-15(21)19-11-5-6-14(18-9-11)17-7-8-20/h1-6,9,20H,7-8,10H2,(H,17,18)(H,19,21). The first kappa shape index (κ1) is 16.1. The number of aliphatic hydroxyl groups excluding tert-OH is 1. The molecular formula is C15H16ClN3O3. The Morgan fingerprint density at radius 3 is 2.77 bits per heavy atom. The third kappa shape index (κ3) is 4.91. The summed E-state index contributed by atoms with van der Waals surface area (Å²) < 4.78 is 5.34. The van der Waals surface area contributed by atoms with Gasteiger partial charge in [0.2, 0.25) is 0 Å². The van der Waals surface area contributed by atoms with E-state index < -0.39 is 0 Å². The molecule has 0 unspecified atom stereocenters. The van der Waals surface area contributed by atoms with Gasteiger partial charge in [-0.15, -0.1) is 0 Å². The number of benzene rings is 1. The second kappa shape index (κ2) is 8.21. The molecule has 0 spiro atoms. The van der Waals surface area contributed by atoms with Crippen LogP contribution in [0, 0.1) is 0 Å². The Bertz CT molecular complexity index is 620. The van der Waals surface area contributed by atoms with Gasteiger partial charge in [0.15, 0.2) is 6.61 Å². The van der Waals surface area contributed by atoms with Crippen LogP contribution >= 0.6 is 11.6 Å². The Balaban J connectivity index is 1.83. The van der Waals surface area contributed by atoms with Crippen LogP contribution < -0.4 is 15.4 Å². The van der Waals surface area contributed by atoms with E-state index in [1.807, 2.05) is 0 Å². The molecular weight excluding hydrogens is 306 g/mol. The molecule has 6 nitrogen and oxygen atoms in total. The summed E-state index contributed by atoms with van der Waals surface area (Å²) in [4.78, 5) is 15.9. The number of hydrogen-bond acceptors (Lipinski definition) is 5. The highest BCUT2D eigenvalue weighted by atomic mass is 35.5. The molecule has 1 amide bonds. The van der Waals surface area contributed by atoms with E-state index in [0.717, 1.165) is 0 Å². The normalized spacial score (nSPS) is 10.1. The number of ether oxygens (including phenoxy) is 1. The Labute approximate surface area is 133 Å². The van der Waals surface area contributed by atoms with Gasteiger partial charge in [-0.2, -0.15) is 0 Å². The molecule has 116 valence electrons. The van der Waals surface area contributed by atoms with Crippen molar-refractivity contribution >= 4 is 29.0 Å². The molecule has 3 N–H and O–H groups in total. The number of halogens is 1. The lowest BCUT2D eigenvalue weighted by Crippen LogP contribution is -2.20. The number of carbonyl (C=O) groups is 1. The fourth-order valence-corrected chi connectivity index (χ4v) is 1.85. The summed E-state index contributed by atoms with van der Waals surface area (Å²) in [7, 11) is 0. The van der Waals surface area contributed by atoms with Crippen molar-refractivity contribution in [2.45, 2.75) is 0 Å². The number of para-hydroxylation sites is 1. The zero-order chi connectivity index (χ0) is 15.8. The van der Waals surface area contributed by atoms with Crippen LogP contribution in [0.15, 0.2) is 42.6 Å². The lowest BCUT2D eigenvalue weighted by atomic mass is 10.3. The first-order chi connectivity index (χ1) is 10.7. The summed E-state index contributed by atoms with van der Waals surface area (Å²) in [6, 6.07) is 10.4. The lowest BCUT2D eigenvalue weighted by Gasteiger charge is -2.09. The molecule has 0 aliphatic rings. The fraction of sp³-hybridized carbons (Fsp3) is 0.200. The van der Waals surface area contributed by atoms with Crippen molar-refractivity contribution in [3.63, 3.8) is 0 Å². The van der Waals surface area contributed by atoms with Gasteiger partial charge in [0.05, 0.1) is 23.5 Å². The minimum Gasteiger partial charge on any atom is -0.482 e. The molecule has 0 atom stereocenters. The Morgan fingerprint density at radius 2 is 2.09 bits per heavy atom. The van der Waals surface area contributed by atoms with E-state index in [9.17, 15) is 4.79 Å². The van der Waals surface area contributed by atoms with Gasteiger partial charge in [0.25, 0.3) is 5.91 Å². The summed E-state index contributed by atoms with van der Waals surface area (Å²) in [6.07, 6.45) is 1.52. The first-order valence-corrected chi connectivity index (χ1v) is 7.05. The third-order valence-electron chi connectivity index (χ3n) is 2.66. The molecule has 0 saturated carbocycles. The molecule has 1 heterocycles. The second-order valence-electron chi connectivity index (χ2n) is 4.35. The van der Waals surface area contributed by atoms with Crippen LogP contribution in [-0.2, 0) is 4.79 Å². The minimum absolute atomic E-state index is 0.0273. The number of carbonyl (C=O) groups excluding carboxylic acids is 1. The zero-order valence-electron chi connectivity index (χ0n) is 11.8. The van der Waals surface area contributed by atoms with Gasteiger partial charge >= 0.3 is 0 Å². The SMILES string of the molecule is O=C(COc1ccccc1Cl)Nc1ccc(NCCO)nc1. The van der Waals surface area contributed by atoms with Crippen LogP contribution in [-0.4, -0.2) is 35.8 Å². The highest BCUT2D eigenvalue weighted by molar-refractivity contribution is 6.32. The molecule has 0 bridgehead atoms. The molecule has 2 aromatic rings. The van der Waals surface area contributed by atoms with Crippen LogP contribution in [0.3, 0.4) is 0 Å². The van der Waals surface area contributed by atoms with Gasteiger partial charge in [0.1, 0.15) is 11.6 Å². The van der Waals surface area contributed by atoms with Crippen molar-refractivity contribution in [2.24, 2.45) is 0 Å². The molecule has 22 heavy (non-hydrogen) atoms. The smallest absolute Gasteiger partial charge is 0.262 e. The maximum atomic E-state index is 11.8. The van der Waals surface area contributed by atoms with Crippen molar-refractivity contribution in [3.05, 3.63) is 47.6 Å². The van der Waals surface area contributed by atoms with Crippen LogP contribution in [0.4, 0.5) is 11.5 Å². The fourth-order valence-electron chi connectivity index (χ4n) is 1.66. The number of pyridine rings is 1. The van der Waals surface area contributed by atoms with Gasteiger partial charge in [-0.05, 0) is 24.3 Å². The van der Waals surface area contributed by atoms with E-state index in [2.05, 4.69) is 15.6 Å². The molecule has 1 aromatic carbocycles. The van der Waals surface area contributed by atoms with Crippen molar-refractivity contribution in [1.82, 2.24) is 4.98 Å². The van der Waals surface area contributed by atoms with Gasteiger partial charge in [0, 0.05) is 6.54 Å². The van der Waals surface area contributed by atoms with Crippen molar-refractivity contribution in [1.29, 1.82) is 0 Å². The number of aromatic nitrogens is 1. The average Bonchev–Trinajstić information content (AvgIpc) is 2.53. The van der Waals surface area contributed by atoms with Crippen LogP contribution in [0.2, 0.25) is 5.02 Å². The van der Waals surface area contributed by atoms with Crippen molar-refractivity contribution in [3.8, 4) is 5.75 Å². The van der Waals surface area contributed by atoms with E-state index in [4.69, 9.17) is 21.4 Å². The van der Waals surface area contributed by atoms with Crippen molar-refractivity contribution in [2.75, 3.05) is 30.4 Å². The largest absolute Gasteiger partial charge is 0.482 e. The van der Waals surface area contributed by atoms with Crippen LogP contribution in [0.5, 0.6) is 5.75 Å². The maximum Gasteiger partial charge on any atom is 0.262 e. The zero-order valence-corrected chi connectivity index (χ0v) is 12.5. The predicted molar refractivity (Wildman–Crippen MR) is 85.4 cm³/mol. The van der Waals surface area contributed by atoms with E-state index in [0.29, 0.717) is 28.8 Å². The molecule has 2 rings (SSSR count). The van der Waals surface area contributed by atoms with E-state index in [1.54, 1.807) is 36.4 Å². The van der Waals surface area contributed by atoms with Crippen LogP contribution in [0.25, 0.3) is 0 Å².